The number of carboxylic acids is 1. The van der Waals surface area contributed by atoms with Gasteiger partial charge < -0.3 is 25.8 Å². The molecule has 12 heavy (non-hydrogen) atoms. The molecule has 0 amide bonds. The van der Waals surface area contributed by atoms with Gasteiger partial charge in [0.25, 0.3) is 0 Å². The minimum atomic E-state index is -2.33. The molecule has 0 aliphatic carbocycles. The molecule has 9 heteroatoms. The van der Waals surface area contributed by atoms with Crippen LogP contribution in [0.3, 0.4) is 0 Å². The standard InChI is InChI=1S/C2H5NO2.CH2O3.ClH.2Na/c3-1-2(4)5;2-1(3)4;;;/h1,3H2,(H,4,5);(H2,2,3,4);1H;;/q;;;2*+1/p-2. The van der Waals surface area contributed by atoms with Gasteiger partial charge in [-0.3, -0.25) is 4.79 Å². The van der Waals surface area contributed by atoms with Crippen LogP contribution in [-0.4, -0.2) is 23.8 Å². The minimum absolute atomic E-state index is 0. The summed E-state index contributed by atoms with van der Waals surface area (Å²) in [6, 6.07) is 0. The predicted molar refractivity (Wildman–Crippen MR) is 29.3 cm³/mol. The SMILES string of the molecule is Cl.NCC(=O)O.O=C([O-])[O-].[Na+].[Na+]. The van der Waals surface area contributed by atoms with Gasteiger partial charge in [-0.05, 0) is 6.16 Å². The number of rotatable bonds is 1. The molecule has 0 saturated heterocycles. The Kier molecular flexibility index (Phi) is 55.3. The molecule has 6 nitrogen and oxygen atoms in total. The zero-order valence-corrected chi connectivity index (χ0v) is 11.6. The van der Waals surface area contributed by atoms with Crippen molar-refractivity contribution in [2.75, 3.05) is 6.54 Å². The van der Waals surface area contributed by atoms with E-state index in [1.807, 2.05) is 0 Å². The van der Waals surface area contributed by atoms with Crippen LogP contribution < -0.4 is 75.1 Å². The number of hydrogen-bond donors (Lipinski definition) is 2. The second kappa shape index (κ2) is 22.7. The maximum absolute atomic E-state index is 9.24. The van der Waals surface area contributed by atoms with Crippen molar-refractivity contribution < 1.29 is 84.0 Å². The largest absolute Gasteiger partial charge is 1.00 e. The van der Waals surface area contributed by atoms with Crippen molar-refractivity contribution >= 4 is 24.5 Å². The molecule has 0 radical (unpaired) electrons. The fourth-order valence-electron chi connectivity index (χ4n) is 0. The minimum Gasteiger partial charge on any atom is -0.652 e. The zero-order chi connectivity index (χ0) is 7.86. The molecule has 0 aromatic heterocycles. The molecule has 0 saturated carbocycles. The number of carbonyl (C=O) groups excluding carboxylic acids is 1. The summed E-state index contributed by atoms with van der Waals surface area (Å²) in [5.74, 6) is -0.968. The number of carboxylic acid groups (broad SMARTS) is 3. The van der Waals surface area contributed by atoms with Crippen molar-refractivity contribution in [2.24, 2.45) is 5.73 Å². The Labute approximate surface area is 120 Å². The molecule has 0 aliphatic heterocycles. The Morgan fingerprint density at radius 1 is 1.25 bits per heavy atom. The quantitative estimate of drug-likeness (QED) is 0.420. The van der Waals surface area contributed by atoms with Gasteiger partial charge in [0.1, 0.15) is 0 Å². The Bertz CT molecular complexity index is 109. The van der Waals surface area contributed by atoms with Crippen molar-refractivity contribution in [3.63, 3.8) is 0 Å². The molecule has 0 spiro atoms. The van der Waals surface area contributed by atoms with E-state index in [2.05, 4.69) is 5.73 Å². The first-order chi connectivity index (χ1) is 4.00. The summed E-state index contributed by atoms with van der Waals surface area (Å²) < 4.78 is 0. The van der Waals surface area contributed by atoms with Gasteiger partial charge in [-0.25, -0.2) is 0 Å². The molecule has 0 fully saturated rings. The van der Waals surface area contributed by atoms with Crippen molar-refractivity contribution in [2.45, 2.75) is 0 Å². The van der Waals surface area contributed by atoms with E-state index in [-0.39, 0.29) is 78.1 Å². The maximum atomic E-state index is 9.24. The van der Waals surface area contributed by atoms with E-state index in [0.29, 0.717) is 0 Å². The molecule has 0 unspecified atom stereocenters. The van der Waals surface area contributed by atoms with Gasteiger partial charge in [0.15, 0.2) is 0 Å². The fraction of sp³-hybridized carbons (Fsp3) is 0.333. The first-order valence-corrected chi connectivity index (χ1v) is 1.80. The Morgan fingerprint density at radius 2 is 1.33 bits per heavy atom. The van der Waals surface area contributed by atoms with Crippen LogP contribution in [0.15, 0.2) is 0 Å². The molecule has 0 rings (SSSR count). The van der Waals surface area contributed by atoms with Crippen molar-refractivity contribution in [3.8, 4) is 0 Å². The van der Waals surface area contributed by atoms with Crippen LogP contribution in [0, 0.1) is 0 Å². The van der Waals surface area contributed by atoms with Crippen molar-refractivity contribution in [3.05, 3.63) is 0 Å². The van der Waals surface area contributed by atoms with Gasteiger partial charge in [0.2, 0.25) is 0 Å². The van der Waals surface area contributed by atoms with Crippen LogP contribution in [0.25, 0.3) is 0 Å². The van der Waals surface area contributed by atoms with Crippen molar-refractivity contribution in [1.29, 1.82) is 0 Å². The predicted octanol–water partition coefficient (Wildman–Crippen LogP) is -8.99. The molecule has 62 valence electrons. The first-order valence-electron chi connectivity index (χ1n) is 1.80. The van der Waals surface area contributed by atoms with Crippen LogP contribution in [0.4, 0.5) is 4.79 Å². The number of nitrogens with two attached hydrogens (primary N) is 1. The van der Waals surface area contributed by atoms with Gasteiger partial charge in [0, 0.05) is 0 Å². The third kappa shape index (κ3) is 123. The Balaban J connectivity index is -0.0000000221. The normalized spacial score (nSPS) is 5.08. The van der Waals surface area contributed by atoms with E-state index in [0.717, 1.165) is 0 Å². The van der Waals surface area contributed by atoms with Crippen LogP contribution in [-0.2, 0) is 4.79 Å². The summed E-state index contributed by atoms with van der Waals surface area (Å²) in [6.07, 6.45) is -2.33. The molecule has 3 N–H and O–H groups in total. The number of hydrogen-bond acceptors (Lipinski definition) is 5. The Hall–Kier alpha value is 0.990. The molecule has 0 aromatic rings. The first kappa shape index (κ1) is 29.3. The average Bonchev–Trinajstić information content (AvgIpc) is 1.65. The molecule has 0 bridgehead atoms. The summed E-state index contributed by atoms with van der Waals surface area (Å²) >= 11 is 0. The average molecular weight is 218 g/mol. The summed E-state index contributed by atoms with van der Waals surface area (Å²) in [6.45, 7) is -0.278. The molecular formula is C3H6ClNNa2O5. The second-order valence-electron chi connectivity index (χ2n) is 0.848. The monoisotopic (exact) mass is 217 g/mol. The fourth-order valence-corrected chi connectivity index (χ4v) is 0. The summed E-state index contributed by atoms with van der Waals surface area (Å²) in [5.41, 5.74) is 4.57. The van der Waals surface area contributed by atoms with E-state index in [1.54, 1.807) is 0 Å². The molecule has 0 aromatic carbocycles. The number of aliphatic carboxylic acids is 1. The van der Waals surface area contributed by atoms with Gasteiger partial charge >= 0.3 is 65.1 Å². The van der Waals surface area contributed by atoms with E-state index in [9.17, 15) is 4.79 Å². The van der Waals surface area contributed by atoms with E-state index < -0.39 is 12.1 Å². The summed E-state index contributed by atoms with van der Waals surface area (Å²) in [4.78, 5) is 17.6. The Morgan fingerprint density at radius 3 is 1.33 bits per heavy atom. The number of halogens is 1. The van der Waals surface area contributed by atoms with E-state index in [1.165, 1.54) is 0 Å². The van der Waals surface area contributed by atoms with E-state index in [4.69, 9.17) is 20.1 Å². The molecule has 0 heterocycles. The third-order valence-corrected chi connectivity index (χ3v) is 0.175. The molecular weight excluding hydrogens is 211 g/mol. The zero-order valence-electron chi connectivity index (χ0n) is 6.77. The van der Waals surface area contributed by atoms with Gasteiger partial charge in [-0.2, -0.15) is 0 Å². The summed E-state index contributed by atoms with van der Waals surface area (Å²) in [5, 5.41) is 24.3. The van der Waals surface area contributed by atoms with E-state index >= 15 is 0 Å². The molecule has 0 aliphatic rings. The van der Waals surface area contributed by atoms with Crippen LogP contribution >= 0.6 is 12.4 Å². The van der Waals surface area contributed by atoms with Crippen LogP contribution in [0.1, 0.15) is 0 Å². The van der Waals surface area contributed by atoms with Gasteiger partial charge in [-0.1, -0.05) is 0 Å². The maximum Gasteiger partial charge on any atom is 1.00 e. The van der Waals surface area contributed by atoms with Gasteiger partial charge in [-0.15, -0.1) is 12.4 Å². The topological polar surface area (TPSA) is 127 Å². The molecule has 0 atom stereocenters. The van der Waals surface area contributed by atoms with Crippen molar-refractivity contribution in [1.82, 2.24) is 0 Å². The summed E-state index contributed by atoms with van der Waals surface area (Å²) in [7, 11) is 0. The van der Waals surface area contributed by atoms with Crippen LogP contribution in [0.5, 0.6) is 0 Å². The third-order valence-electron chi connectivity index (χ3n) is 0.175. The smallest absolute Gasteiger partial charge is 0.652 e. The van der Waals surface area contributed by atoms with Crippen LogP contribution in [0.2, 0.25) is 0 Å². The van der Waals surface area contributed by atoms with Gasteiger partial charge in [0.05, 0.1) is 6.54 Å². The number of carbonyl (C=O) groups is 2. The second-order valence-corrected chi connectivity index (χ2v) is 0.848.